The smallest absolute Gasteiger partial charge is 0.261 e. The first kappa shape index (κ1) is 20.3. The van der Waals surface area contributed by atoms with Gasteiger partial charge in [0, 0.05) is 12.1 Å². The van der Waals surface area contributed by atoms with E-state index >= 15 is 0 Å². The first-order valence-corrected chi connectivity index (χ1v) is 9.42. The second-order valence-electron chi connectivity index (χ2n) is 6.26. The number of nitrogens with one attached hydrogen (secondary N) is 1. The molecule has 28 heavy (non-hydrogen) atoms. The lowest BCUT2D eigenvalue weighted by Crippen LogP contribution is -2.34. The lowest BCUT2D eigenvalue weighted by Gasteiger charge is -2.19. The van der Waals surface area contributed by atoms with Gasteiger partial charge in [0.05, 0.1) is 40.7 Å². The number of methoxy groups -OCH3 is 1. The Balaban J connectivity index is 1.98. The summed E-state index contributed by atoms with van der Waals surface area (Å²) in [4.78, 5) is 30.2. The van der Waals surface area contributed by atoms with Crippen LogP contribution in [-0.2, 0) is 11.3 Å². The molecule has 0 aliphatic heterocycles. The van der Waals surface area contributed by atoms with Crippen LogP contribution < -0.4 is 10.9 Å². The molecule has 0 bridgehead atoms. The van der Waals surface area contributed by atoms with Crippen molar-refractivity contribution in [3.05, 3.63) is 74.3 Å². The Bertz CT molecular complexity index is 1080. The molecule has 1 N–H and O–H groups in total. The van der Waals surface area contributed by atoms with E-state index in [0.29, 0.717) is 40.5 Å². The summed E-state index contributed by atoms with van der Waals surface area (Å²) >= 11 is 12.0. The fraction of sp³-hybridized carbons (Fsp3) is 0.250. The van der Waals surface area contributed by atoms with Crippen LogP contribution in [0.5, 0.6) is 0 Å². The summed E-state index contributed by atoms with van der Waals surface area (Å²) in [5.74, 6) is 0.0639. The third-order valence-corrected chi connectivity index (χ3v) is 4.87. The van der Waals surface area contributed by atoms with Gasteiger partial charge >= 0.3 is 0 Å². The fourth-order valence-electron chi connectivity index (χ4n) is 2.93. The van der Waals surface area contributed by atoms with Crippen LogP contribution in [0, 0.1) is 0 Å². The molecule has 3 rings (SSSR count). The second-order valence-corrected chi connectivity index (χ2v) is 7.10. The molecule has 146 valence electrons. The van der Waals surface area contributed by atoms with Crippen LogP contribution in [0.2, 0.25) is 10.0 Å². The monoisotopic (exact) mass is 419 g/mol. The molecule has 1 aromatic heterocycles. The summed E-state index contributed by atoms with van der Waals surface area (Å²) in [6.45, 7) is 2.43. The van der Waals surface area contributed by atoms with Crippen LogP contribution in [0.4, 0.5) is 0 Å². The molecule has 0 aliphatic rings. The lowest BCUT2D eigenvalue weighted by molar-refractivity contribution is 0.0937. The summed E-state index contributed by atoms with van der Waals surface area (Å²) in [7, 11) is 1.56. The Kier molecular flexibility index (Phi) is 6.34. The number of aromatic nitrogens is 2. The molecule has 0 radical (unpaired) electrons. The molecule has 6 nitrogen and oxygen atoms in total. The van der Waals surface area contributed by atoms with E-state index < -0.39 is 6.04 Å². The normalized spacial score (nSPS) is 12.1. The van der Waals surface area contributed by atoms with Crippen LogP contribution in [0.3, 0.4) is 0 Å². The maximum Gasteiger partial charge on any atom is 0.261 e. The molecule has 1 unspecified atom stereocenters. The number of carbonyl (C=O) groups excluding carboxylic acids is 1. The maximum atomic E-state index is 12.9. The van der Waals surface area contributed by atoms with Crippen molar-refractivity contribution < 1.29 is 9.53 Å². The van der Waals surface area contributed by atoms with Crippen molar-refractivity contribution in [2.75, 3.05) is 13.7 Å². The maximum absolute atomic E-state index is 12.9. The zero-order valence-corrected chi connectivity index (χ0v) is 16.9. The van der Waals surface area contributed by atoms with E-state index in [4.69, 9.17) is 27.9 Å². The molecule has 0 aliphatic carbocycles. The summed E-state index contributed by atoms with van der Waals surface area (Å²) in [5.41, 5.74) is 0.689. The van der Waals surface area contributed by atoms with Crippen molar-refractivity contribution in [3.8, 4) is 0 Å². The van der Waals surface area contributed by atoms with E-state index in [1.54, 1.807) is 44.4 Å². The standard InChI is InChI=1S/C20H19Cl2N3O3/c1-12(23-19(26)14-8-7-13(21)11-16(14)22)18-24-17-6-4-3-5-15(17)20(27)25(18)9-10-28-2/h3-8,11-12H,9-10H2,1-2H3,(H,23,26). The Morgan fingerprint density at radius 3 is 2.71 bits per heavy atom. The Morgan fingerprint density at radius 1 is 1.25 bits per heavy atom. The third-order valence-electron chi connectivity index (χ3n) is 4.32. The molecular formula is C20H19Cl2N3O3. The van der Waals surface area contributed by atoms with Crippen molar-refractivity contribution in [1.29, 1.82) is 0 Å². The molecular weight excluding hydrogens is 401 g/mol. The molecule has 1 amide bonds. The van der Waals surface area contributed by atoms with Gasteiger partial charge in [0.1, 0.15) is 5.82 Å². The predicted molar refractivity (Wildman–Crippen MR) is 110 cm³/mol. The number of halogens is 2. The topological polar surface area (TPSA) is 73.2 Å². The van der Waals surface area contributed by atoms with Crippen LogP contribution >= 0.6 is 23.2 Å². The van der Waals surface area contributed by atoms with Crippen LogP contribution in [0.1, 0.15) is 29.1 Å². The first-order chi connectivity index (χ1) is 13.4. The zero-order valence-electron chi connectivity index (χ0n) is 15.4. The van der Waals surface area contributed by atoms with E-state index in [0.717, 1.165) is 0 Å². The van der Waals surface area contributed by atoms with Gasteiger partial charge in [0.15, 0.2) is 0 Å². The van der Waals surface area contributed by atoms with E-state index in [2.05, 4.69) is 10.3 Å². The lowest BCUT2D eigenvalue weighted by atomic mass is 10.2. The number of hydrogen-bond acceptors (Lipinski definition) is 4. The zero-order chi connectivity index (χ0) is 20.3. The van der Waals surface area contributed by atoms with Crippen LogP contribution in [0.15, 0.2) is 47.3 Å². The third kappa shape index (κ3) is 4.19. The molecule has 0 saturated carbocycles. The van der Waals surface area contributed by atoms with E-state index in [1.165, 1.54) is 10.6 Å². The number of carbonyl (C=O) groups is 1. The number of fused-ring (bicyclic) bond motifs is 1. The van der Waals surface area contributed by atoms with Gasteiger partial charge < -0.3 is 10.1 Å². The molecule has 0 spiro atoms. The number of benzene rings is 2. The molecule has 1 heterocycles. The average Bonchev–Trinajstić information content (AvgIpc) is 2.67. The van der Waals surface area contributed by atoms with Gasteiger partial charge in [0.25, 0.3) is 11.5 Å². The highest BCUT2D eigenvalue weighted by Gasteiger charge is 2.20. The Morgan fingerprint density at radius 2 is 2.00 bits per heavy atom. The van der Waals surface area contributed by atoms with Gasteiger partial charge in [0.2, 0.25) is 0 Å². The highest BCUT2D eigenvalue weighted by molar-refractivity contribution is 6.36. The van der Waals surface area contributed by atoms with Crippen molar-refractivity contribution >= 4 is 40.0 Å². The van der Waals surface area contributed by atoms with Gasteiger partial charge in [-0.15, -0.1) is 0 Å². The summed E-state index contributed by atoms with van der Waals surface area (Å²) in [6.07, 6.45) is 0. The first-order valence-electron chi connectivity index (χ1n) is 8.66. The van der Waals surface area contributed by atoms with E-state index in [9.17, 15) is 9.59 Å². The van der Waals surface area contributed by atoms with Crippen LogP contribution in [0.25, 0.3) is 10.9 Å². The highest BCUT2D eigenvalue weighted by atomic mass is 35.5. The van der Waals surface area contributed by atoms with Gasteiger partial charge in [-0.25, -0.2) is 4.98 Å². The van der Waals surface area contributed by atoms with Crippen molar-refractivity contribution in [2.45, 2.75) is 19.5 Å². The minimum Gasteiger partial charge on any atom is -0.383 e. The van der Waals surface area contributed by atoms with Crippen molar-refractivity contribution in [1.82, 2.24) is 14.9 Å². The van der Waals surface area contributed by atoms with Crippen molar-refractivity contribution in [2.24, 2.45) is 0 Å². The van der Waals surface area contributed by atoms with Gasteiger partial charge in [-0.05, 0) is 37.3 Å². The molecule has 0 fully saturated rings. The number of amides is 1. The van der Waals surface area contributed by atoms with Crippen LogP contribution in [-0.4, -0.2) is 29.2 Å². The average molecular weight is 420 g/mol. The quantitative estimate of drug-likeness (QED) is 0.658. The summed E-state index contributed by atoms with van der Waals surface area (Å²) < 4.78 is 6.65. The minimum absolute atomic E-state index is 0.178. The Hall–Kier alpha value is -2.41. The van der Waals surface area contributed by atoms with Gasteiger partial charge in [-0.1, -0.05) is 35.3 Å². The van der Waals surface area contributed by atoms with Gasteiger partial charge in [-0.2, -0.15) is 0 Å². The Labute approximate surface area is 172 Å². The molecule has 8 heteroatoms. The molecule has 0 saturated heterocycles. The highest BCUT2D eigenvalue weighted by Crippen LogP contribution is 2.22. The van der Waals surface area contributed by atoms with Gasteiger partial charge in [-0.3, -0.25) is 14.2 Å². The van der Waals surface area contributed by atoms with E-state index in [1.807, 2.05) is 6.07 Å². The number of rotatable bonds is 6. The molecule has 3 aromatic rings. The number of ether oxygens (including phenoxy) is 1. The molecule has 2 aromatic carbocycles. The van der Waals surface area contributed by atoms with E-state index in [-0.39, 0.29) is 16.5 Å². The minimum atomic E-state index is -0.534. The van der Waals surface area contributed by atoms with Crippen molar-refractivity contribution in [3.63, 3.8) is 0 Å². The number of para-hydroxylation sites is 1. The second kappa shape index (κ2) is 8.73. The predicted octanol–water partition coefficient (Wildman–Crippen LogP) is 3.84. The molecule has 1 atom stereocenters. The largest absolute Gasteiger partial charge is 0.383 e. The number of hydrogen-bond donors (Lipinski definition) is 1. The fourth-order valence-corrected chi connectivity index (χ4v) is 3.42. The SMILES string of the molecule is COCCn1c(C(C)NC(=O)c2ccc(Cl)cc2Cl)nc2ccccc2c1=O. The summed E-state index contributed by atoms with van der Waals surface area (Å²) in [6, 6.07) is 11.2. The summed E-state index contributed by atoms with van der Waals surface area (Å²) in [5, 5.41) is 4.06. The number of nitrogens with zero attached hydrogens (tertiary/aromatic N) is 2.